The minimum Gasteiger partial charge on any atom is -0.357 e. The van der Waals surface area contributed by atoms with E-state index in [0.717, 1.165) is 30.6 Å². The molecule has 0 bridgehead atoms. The van der Waals surface area contributed by atoms with Crippen molar-refractivity contribution in [3.05, 3.63) is 69.9 Å². The van der Waals surface area contributed by atoms with Crippen LogP contribution in [0.5, 0.6) is 0 Å². The van der Waals surface area contributed by atoms with Gasteiger partial charge < -0.3 is 10.6 Å². The van der Waals surface area contributed by atoms with Crippen molar-refractivity contribution in [2.24, 2.45) is 4.99 Å². The van der Waals surface area contributed by atoms with Gasteiger partial charge in [0.05, 0.1) is 24.6 Å². The van der Waals surface area contributed by atoms with E-state index in [2.05, 4.69) is 51.9 Å². The zero-order valence-electron chi connectivity index (χ0n) is 15.1. The van der Waals surface area contributed by atoms with Crippen molar-refractivity contribution in [3.63, 3.8) is 0 Å². The first kappa shape index (κ1) is 18.1. The predicted octanol–water partition coefficient (Wildman–Crippen LogP) is 2.95. The molecule has 1 aromatic carbocycles. The van der Waals surface area contributed by atoms with Gasteiger partial charge in [-0.05, 0) is 31.0 Å². The lowest BCUT2D eigenvalue weighted by atomic mass is 10.1. The van der Waals surface area contributed by atoms with E-state index in [4.69, 9.17) is 4.99 Å². The molecule has 3 rings (SSSR count). The van der Waals surface area contributed by atoms with Gasteiger partial charge in [0.2, 0.25) is 0 Å². The fraction of sp³-hybridized carbons (Fsp3) is 0.316. The Balaban J connectivity index is 1.67. The van der Waals surface area contributed by atoms with Crippen LogP contribution in [0.4, 0.5) is 0 Å². The number of benzene rings is 1. The van der Waals surface area contributed by atoms with Gasteiger partial charge in [-0.3, -0.25) is 4.68 Å². The highest BCUT2D eigenvalue weighted by Gasteiger charge is 2.05. The Labute approximate surface area is 158 Å². The number of aliphatic imine (C=N–C) groups is 1. The highest BCUT2D eigenvalue weighted by molar-refractivity contribution is 7.11. The zero-order valence-corrected chi connectivity index (χ0v) is 16.0. The van der Waals surface area contributed by atoms with Crippen LogP contribution in [0.25, 0.3) is 0 Å². The van der Waals surface area contributed by atoms with Crippen molar-refractivity contribution < 1.29 is 0 Å². The molecule has 0 aliphatic rings. The summed E-state index contributed by atoms with van der Waals surface area (Å²) in [6.07, 6.45) is 5.69. The summed E-state index contributed by atoms with van der Waals surface area (Å²) in [6, 6.07) is 10.3. The van der Waals surface area contributed by atoms with Crippen LogP contribution < -0.4 is 10.6 Å². The summed E-state index contributed by atoms with van der Waals surface area (Å²) in [7, 11) is 0. The van der Waals surface area contributed by atoms with Gasteiger partial charge in [0.25, 0.3) is 0 Å². The second-order valence-electron chi connectivity index (χ2n) is 5.87. The van der Waals surface area contributed by atoms with Crippen LogP contribution in [0.2, 0.25) is 0 Å². The molecule has 0 radical (unpaired) electrons. The maximum absolute atomic E-state index is 4.74. The van der Waals surface area contributed by atoms with Crippen molar-refractivity contribution in [2.45, 2.75) is 33.5 Å². The van der Waals surface area contributed by atoms with Crippen LogP contribution in [0.15, 0.2) is 53.9 Å². The van der Waals surface area contributed by atoms with Crippen molar-refractivity contribution in [1.29, 1.82) is 0 Å². The average molecular weight is 369 g/mol. The molecule has 0 atom stereocenters. The molecule has 3 aromatic rings. The van der Waals surface area contributed by atoms with Crippen molar-refractivity contribution in [1.82, 2.24) is 25.4 Å². The Morgan fingerprint density at radius 1 is 1.19 bits per heavy atom. The number of aromatic nitrogens is 3. The summed E-state index contributed by atoms with van der Waals surface area (Å²) in [4.78, 5) is 10.2. The standard InChI is InChI=1S/C19H24N6S/c1-3-20-19(23-13-18-12-21-15(2)26-18)22-11-16-7-4-5-8-17(16)14-25-10-6-9-24-25/h4-10,12H,3,11,13-14H2,1-2H3,(H2,20,22,23). The largest absolute Gasteiger partial charge is 0.357 e. The van der Waals surface area contributed by atoms with Crippen LogP contribution in [-0.2, 0) is 19.6 Å². The Bertz CT molecular complexity index is 837. The number of guanidine groups is 1. The van der Waals surface area contributed by atoms with E-state index < -0.39 is 0 Å². The highest BCUT2D eigenvalue weighted by Crippen LogP contribution is 2.12. The lowest BCUT2D eigenvalue weighted by Gasteiger charge is -2.12. The Kier molecular flexibility index (Phi) is 6.38. The molecule has 26 heavy (non-hydrogen) atoms. The summed E-state index contributed by atoms with van der Waals surface area (Å²) in [5.41, 5.74) is 2.43. The third-order valence-corrected chi connectivity index (χ3v) is 4.77. The second-order valence-corrected chi connectivity index (χ2v) is 7.19. The van der Waals surface area contributed by atoms with Gasteiger partial charge in [-0.2, -0.15) is 5.10 Å². The monoisotopic (exact) mass is 368 g/mol. The zero-order chi connectivity index (χ0) is 18.2. The molecule has 6 nitrogen and oxygen atoms in total. The van der Waals surface area contributed by atoms with E-state index in [9.17, 15) is 0 Å². The van der Waals surface area contributed by atoms with Crippen molar-refractivity contribution >= 4 is 17.3 Å². The number of hydrogen-bond acceptors (Lipinski definition) is 4. The molecule has 0 amide bonds. The maximum atomic E-state index is 4.74. The van der Waals surface area contributed by atoms with Crippen LogP contribution in [0.3, 0.4) is 0 Å². The molecule has 0 aliphatic heterocycles. The Morgan fingerprint density at radius 2 is 2.04 bits per heavy atom. The fourth-order valence-electron chi connectivity index (χ4n) is 2.60. The molecular weight excluding hydrogens is 344 g/mol. The van der Waals surface area contributed by atoms with Crippen LogP contribution in [0, 0.1) is 6.92 Å². The molecule has 0 spiro atoms. The summed E-state index contributed by atoms with van der Waals surface area (Å²) < 4.78 is 1.93. The van der Waals surface area contributed by atoms with E-state index in [-0.39, 0.29) is 0 Å². The van der Waals surface area contributed by atoms with E-state index in [1.54, 1.807) is 17.5 Å². The van der Waals surface area contributed by atoms with E-state index in [0.29, 0.717) is 6.54 Å². The number of nitrogens with zero attached hydrogens (tertiary/aromatic N) is 4. The SMILES string of the molecule is CCNC(=NCc1ccccc1Cn1cccn1)NCc1cnc(C)s1. The first-order chi connectivity index (χ1) is 12.7. The van der Waals surface area contributed by atoms with Gasteiger partial charge in [0, 0.05) is 30.0 Å². The topological polar surface area (TPSA) is 67.1 Å². The molecule has 2 heterocycles. The maximum Gasteiger partial charge on any atom is 0.191 e. The number of aryl methyl sites for hydroxylation is 1. The number of hydrogen-bond donors (Lipinski definition) is 2. The lowest BCUT2D eigenvalue weighted by molar-refractivity contribution is 0.680. The number of thiazole rings is 1. The molecule has 2 aromatic heterocycles. The van der Waals surface area contributed by atoms with Gasteiger partial charge in [0.15, 0.2) is 5.96 Å². The minimum atomic E-state index is 0.620. The smallest absolute Gasteiger partial charge is 0.191 e. The van der Waals surface area contributed by atoms with Gasteiger partial charge in [0.1, 0.15) is 0 Å². The third-order valence-electron chi connectivity index (χ3n) is 3.86. The van der Waals surface area contributed by atoms with Gasteiger partial charge in [-0.1, -0.05) is 24.3 Å². The van der Waals surface area contributed by atoms with Crippen LogP contribution in [-0.4, -0.2) is 27.3 Å². The summed E-state index contributed by atoms with van der Waals surface area (Å²) in [5, 5.41) is 12.1. The summed E-state index contributed by atoms with van der Waals surface area (Å²) in [5.74, 6) is 0.812. The Morgan fingerprint density at radius 3 is 2.73 bits per heavy atom. The van der Waals surface area contributed by atoms with E-state index in [1.807, 2.05) is 30.1 Å². The quantitative estimate of drug-likeness (QED) is 0.497. The number of rotatable bonds is 7. The van der Waals surface area contributed by atoms with Crippen LogP contribution in [0.1, 0.15) is 27.9 Å². The first-order valence-corrected chi connectivity index (χ1v) is 9.54. The lowest BCUT2D eigenvalue weighted by Crippen LogP contribution is -2.36. The summed E-state index contributed by atoms with van der Waals surface area (Å²) in [6.45, 7) is 7.01. The van der Waals surface area contributed by atoms with Crippen molar-refractivity contribution in [3.8, 4) is 0 Å². The molecule has 136 valence electrons. The average Bonchev–Trinajstić information content (AvgIpc) is 3.30. The van der Waals surface area contributed by atoms with Crippen LogP contribution >= 0.6 is 11.3 Å². The second kappa shape index (κ2) is 9.15. The normalized spacial score (nSPS) is 11.5. The van der Waals surface area contributed by atoms with Gasteiger partial charge in [-0.25, -0.2) is 9.98 Å². The molecule has 0 unspecified atom stereocenters. The predicted molar refractivity (Wildman–Crippen MR) is 106 cm³/mol. The van der Waals surface area contributed by atoms with Gasteiger partial charge in [-0.15, -0.1) is 11.3 Å². The third kappa shape index (κ3) is 5.16. The molecule has 0 aliphatic carbocycles. The number of nitrogens with one attached hydrogen (secondary N) is 2. The molecule has 2 N–H and O–H groups in total. The molecular formula is C19H24N6S. The molecule has 0 fully saturated rings. The first-order valence-electron chi connectivity index (χ1n) is 8.72. The van der Waals surface area contributed by atoms with E-state index >= 15 is 0 Å². The minimum absolute atomic E-state index is 0.620. The van der Waals surface area contributed by atoms with Crippen molar-refractivity contribution in [2.75, 3.05) is 6.54 Å². The van der Waals surface area contributed by atoms with E-state index in [1.165, 1.54) is 16.0 Å². The Hall–Kier alpha value is -2.67. The highest BCUT2D eigenvalue weighted by atomic mass is 32.1. The summed E-state index contributed by atoms with van der Waals surface area (Å²) >= 11 is 1.70. The molecule has 0 saturated heterocycles. The molecule has 0 saturated carbocycles. The fourth-order valence-corrected chi connectivity index (χ4v) is 3.33. The van der Waals surface area contributed by atoms with Gasteiger partial charge >= 0.3 is 0 Å². The molecule has 7 heteroatoms.